The van der Waals surface area contributed by atoms with E-state index in [4.69, 9.17) is 0 Å². The smallest absolute Gasteiger partial charge is 0.182 e. The molecule has 0 radical (unpaired) electrons. The van der Waals surface area contributed by atoms with Crippen LogP contribution in [0.3, 0.4) is 0 Å². The number of aromatic nitrogens is 4. The van der Waals surface area contributed by atoms with Gasteiger partial charge in [-0.2, -0.15) is 0 Å². The second-order valence-corrected chi connectivity index (χ2v) is 3.48. The van der Waals surface area contributed by atoms with Crippen LogP contribution in [0.2, 0.25) is 0 Å². The fourth-order valence-electron chi connectivity index (χ4n) is 1.90. The van der Waals surface area contributed by atoms with Gasteiger partial charge in [0.1, 0.15) is 11.5 Å². The van der Waals surface area contributed by atoms with Crippen LogP contribution >= 0.6 is 0 Å². The molecular weight excluding hydrogens is 200 g/mol. The minimum Gasteiger partial charge on any atom is -0.310 e. The van der Waals surface area contributed by atoms with Gasteiger partial charge in [0, 0.05) is 12.7 Å². The normalized spacial score (nSPS) is 12.2. The fraction of sp³-hybridized carbons (Fsp3) is 0.417. The number of hydrogen-bond acceptors (Lipinski definition) is 3. The predicted molar refractivity (Wildman–Crippen MR) is 63.0 cm³/mol. The molecule has 0 aromatic carbocycles. The highest BCUT2D eigenvalue weighted by Gasteiger charge is 2.19. The van der Waals surface area contributed by atoms with Gasteiger partial charge in [-0.3, -0.25) is 4.98 Å². The van der Waals surface area contributed by atoms with Crippen LogP contribution in [-0.2, 0) is 13.0 Å². The maximum atomic E-state index is 4.35. The van der Waals surface area contributed by atoms with Gasteiger partial charge in [0.2, 0.25) is 0 Å². The van der Waals surface area contributed by atoms with Crippen molar-refractivity contribution >= 4 is 0 Å². The maximum absolute atomic E-state index is 4.35. The summed E-state index contributed by atoms with van der Waals surface area (Å²) >= 11 is 0. The standard InChI is InChI=1S/C10H10N4.C2H6/c1-7-12-13-10-9-8(3-2-5-11-9)4-6-14(7)10;1-2/h2-3,5H,4,6H2,1H3;1-2H3. The second kappa shape index (κ2) is 4.43. The number of aryl methyl sites for hydroxylation is 2. The van der Waals surface area contributed by atoms with Crippen LogP contribution in [0, 0.1) is 6.92 Å². The Morgan fingerprint density at radius 2 is 2.06 bits per heavy atom. The largest absolute Gasteiger partial charge is 0.310 e. The van der Waals surface area contributed by atoms with Crippen molar-refractivity contribution in [2.75, 3.05) is 0 Å². The predicted octanol–water partition coefficient (Wildman–Crippen LogP) is 2.23. The molecule has 3 heterocycles. The Bertz CT molecular complexity index is 488. The number of pyridine rings is 1. The van der Waals surface area contributed by atoms with Gasteiger partial charge < -0.3 is 4.57 Å². The van der Waals surface area contributed by atoms with E-state index in [0.29, 0.717) is 0 Å². The van der Waals surface area contributed by atoms with E-state index in [1.54, 1.807) is 6.20 Å². The summed E-state index contributed by atoms with van der Waals surface area (Å²) in [4.78, 5) is 4.35. The second-order valence-electron chi connectivity index (χ2n) is 3.48. The highest BCUT2D eigenvalue weighted by Crippen LogP contribution is 2.25. The van der Waals surface area contributed by atoms with Crippen molar-refractivity contribution in [2.24, 2.45) is 0 Å². The van der Waals surface area contributed by atoms with Crippen molar-refractivity contribution < 1.29 is 0 Å². The molecule has 0 unspecified atom stereocenters. The zero-order valence-electron chi connectivity index (χ0n) is 9.94. The highest BCUT2D eigenvalue weighted by molar-refractivity contribution is 5.56. The zero-order chi connectivity index (χ0) is 11.5. The maximum Gasteiger partial charge on any atom is 0.182 e. The molecule has 0 amide bonds. The highest BCUT2D eigenvalue weighted by atomic mass is 15.3. The van der Waals surface area contributed by atoms with Gasteiger partial charge >= 0.3 is 0 Å². The molecule has 4 nitrogen and oxygen atoms in total. The van der Waals surface area contributed by atoms with E-state index >= 15 is 0 Å². The molecule has 2 aromatic heterocycles. The van der Waals surface area contributed by atoms with E-state index in [0.717, 1.165) is 30.3 Å². The number of fused-ring (bicyclic) bond motifs is 3. The Kier molecular flexibility index (Phi) is 2.99. The molecule has 3 rings (SSSR count). The lowest BCUT2D eigenvalue weighted by molar-refractivity contribution is 0.657. The minimum absolute atomic E-state index is 0.907. The number of hydrogen-bond donors (Lipinski definition) is 0. The van der Waals surface area contributed by atoms with E-state index in [9.17, 15) is 0 Å². The van der Waals surface area contributed by atoms with E-state index < -0.39 is 0 Å². The third-order valence-corrected chi connectivity index (χ3v) is 2.64. The van der Waals surface area contributed by atoms with Crippen molar-refractivity contribution in [1.29, 1.82) is 0 Å². The Morgan fingerprint density at radius 1 is 1.25 bits per heavy atom. The molecule has 4 heteroatoms. The first-order chi connectivity index (χ1) is 7.86. The van der Waals surface area contributed by atoms with Crippen LogP contribution in [0.4, 0.5) is 0 Å². The molecule has 0 aliphatic carbocycles. The summed E-state index contributed by atoms with van der Waals surface area (Å²) < 4.78 is 2.12. The van der Waals surface area contributed by atoms with Gasteiger partial charge in [-0.25, -0.2) is 0 Å². The zero-order valence-corrected chi connectivity index (χ0v) is 9.94. The molecule has 0 bridgehead atoms. The number of nitrogens with zero attached hydrogens (tertiary/aromatic N) is 4. The Morgan fingerprint density at radius 3 is 2.88 bits per heavy atom. The average molecular weight is 216 g/mol. The Balaban J connectivity index is 0.000000457. The van der Waals surface area contributed by atoms with Crippen LogP contribution in [0.25, 0.3) is 11.5 Å². The summed E-state index contributed by atoms with van der Waals surface area (Å²) in [5.41, 5.74) is 2.26. The van der Waals surface area contributed by atoms with Gasteiger partial charge in [0.15, 0.2) is 5.82 Å². The molecule has 0 atom stereocenters. The quantitative estimate of drug-likeness (QED) is 0.678. The summed E-state index contributed by atoms with van der Waals surface area (Å²) in [6.45, 7) is 6.94. The fourth-order valence-corrected chi connectivity index (χ4v) is 1.90. The average Bonchev–Trinajstić information content (AvgIpc) is 2.74. The SMILES string of the molecule is CC.Cc1nnc2n1CCc1cccnc1-2. The molecule has 0 spiro atoms. The van der Waals surface area contributed by atoms with Gasteiger partial charge in [-0.05, 0) is 25.0 Å². The Labute approximate surface area is 95.4 Å². The van der Waals surface area contributed by atoms with Gasteiger partial charge in [0.05, 0.1) is 0 Å². The van der Waals surface area contributed by atoms with E-state index in [2.05, 4.69) is 25.8 Å². The molecule has 84 valence electrons. The molecule has 1 aliphatic heterocycles. The van der Waals surface area contributed by atoms with Crippen molar-refractivity contribution in [3.8, 4) is 11.5 Å². The third-order valence-electron chi connectivity index (χ3n) is 2.64. The summed E-state index contributed by atoms with van der Waals surface area (Å²) in [5.74, 6) is 1.88. The van der Waals surface area contributed by atoms with Crippen molar-refractivity contribution in [1.82, 2.24) is 19.7 Å². The number of rotatable bonds is 0. The van der Waals surface area contributed by atoms with E-state index in [1.165, 1.54) is 5.56 Å². The van der Waals surface area contributed by atoms with Crippen molar-refractivity contribution in [3.05, 3.63) is 29.7 Å². The lowest BCUT2D eigenvalue weighted by Crippen LogP contribution is -2.13. The lowest BCUT2D eigenvalue weighted by atomic mass is 10.1. The third kappa shape index (κ3) is 1.60. The lowest BCUT2D eigenvalue weighted by Gasteiger charge is -2.16. The summed E-state index contributed by atoms with van der Waals surface area (Å²) in [7, 11) is 0. The molecule has 1 aliphatic rings. The van der Waals surface area contributed by atoms with Crippen LogP contribution in [0.15, 0.2) is 18.3 Å². The minimum atomic E-state index is 0.907. The topological polar surface area (TPSA) is 43.6 Å². The first-order valence-corrected chi connectivity index (χ1v) is 5.70. The van der Waals surface area contributed by atoms with Gasteiger partial charge in [0.25, 0.3) is 0 Å². The molecule has 2 aromatic rings. The molecule has 0 saturated carbocycles. The van der Waals surface area contributed by atoms with E-state index in [1.807, 2.05) is 26.8 Å². The van der Waals surface area contributed by atoms with Crippen molar-refractivity contribution in [2.45, 2.75) is 33.7 Å². The Hall–Kier alpha value is -1.71. The molecule has 0 saturated heterocycles. The van der Waals surface area contributed by atoms with Crippen LogP contribution in [0.1, 0.15) is 25.2 Å². The molecule has 0 fully saturated rings. The first kappa shape index (κ1) is 10.8. The molecule has 16 heavy (non-hydrogen) atoms. The summed E-state index contributed by atoms with van der Waals surface area (Å²) in [6, 6.07) is 4.08. The molecule has 0 N–H and O–H groups in total. The van der Waals surface area contributed by atoms with Gasteiger partial charge in [-0.1, -0.05) is 19.9 Å². The molecular formula is C12H16N4. The van der Waals surface area contributed by atoms with Crippen LogP contribution in [0.5, 0.6) is 0 Å². The van der Waals surface area contributed by atoms with Crippen molar-refractivity contribution in [3.63, 3.8) is 0 Å². The van der Waals surface area contributed by atoms with E-state index in [-0.39, 0.29) is 0 Å². The summed E-state index contributed by atoms with van der Waals surface area (Å²) in [6.07, 6.45) is 2.83. The van der Waals surface area contributed by atoms with Crippen LogP contribution in [-0.4, -0.2) is 19.7 Å². The monoisotopic (exact) mass is 216 g/mol. The first-order valence-electron chi connectivity index (χ1n) is 5.70. The van der Waals surface area contributed by atoms with Gasteiger partial charge in [-0.15, -0.1) is 10.2 Å². The van der Waals surface area contributed by atoms with Crippen LogP contribution < -0.4 is 0 Å². The summed E-state index contributed by atoms with van der Waals surface area (Å²) in [5, 5.41) is 8.22.